The summed E-state index contributed by atoms with van der Waals surface area (Å²) in [5.41, 5.74) is -0.589. The number of hydrogen-bond acceptors (Lipinski definition) is 3. The lowest BCUT2D eigenvalue weighted by molar-refractivity contribution is 0.0390. The summed E-state index contributed by atoms with van der Waals surface area (Å²) in [5, 5.41) is 9.05. The van der Waals surface area contributed by atoms with Crippen LogP contribution in [0.15, 0.2) is 24.3 Å². The molecule has 0 bridgehead atoms. The van der Waals surface area contributed by atoms with Crippen LogP contribution in [0.25, 0.3) is 0 Å². The van der Waals surface area contributed by atoms with Crippen LogP contribution in [0.1, 0.15) is 13.8 Å². The van der Waals surface area contributed by atoms with Crippen molar-refractivity contribution in [2.75, 3.05) is 13.7 Å². The second-order valence-corrected chi connectivity index (χ2v) is 3.67. The molecule has 0 saturated heterocycles. The Morgan fingerprint density at radius 3 is 2.29 bits per heavy atom. The maximum atomic E-state index is 9.05. The molecule has 0 radical (unpaired) electrons. The van der Waals surface area contributed by atoms with E-state index in [0.29, 0.717) is 11.5 Å². The summed E-state index contributed by atoms with van der Waals surface area (Å²) in [6.45, 7) is 3.60. The molecule has 1 aromatic carbocycles. The van der Waals surface area contributed by atoms with Crippen LogP contribution in [0, 0.1) is 0 Å². The first kappa shape index (κ1) is 10.9. The summed E-state index contributed by atoms with van der Waals surface area (Å²) >= 11 is 0. The Bertz CT molecular complexity index is 294. The van der Waals surface area contributed by atoms with Gasteiger partial charge in [-0.2, -0.15) is 0 Å². The quantitative estimate of drug-likeness (QED) is 0.798. The van der Waals surface area contributed by atoms with E-state index in [0.717, 1.165) is 0 Å². The van der Waals surface area contributed by atoms with Gasteiger partial charge in [0, 0.05) is 0 Å². The molecule has 1 N–H and O–H groups in total. The molecule has 1 aromatic rings. The summed E-state index contributed by atoms with van der Waals surface area (Å²) in [4.78, 5) is 0. The highest BCUT2D eigenvalue weighted by atomic mass is 16.5. The Morgan fingerprint density at radius 2 is 1.79 bits per heavy atom. The third-order valence-corrected chi connectivity index (χ3v) is 1.84. The molecule has 0 heterocycles. The minimum atomic E-state index is -0.589. The number of hydrogen-bond donors (Lipinski definition) is 1. The number of rotatable bonds is 4. The van der Waals surface area contributed by atoms with E-state index in [-0.39, 0.29) is 6.61 Å². The zero-order chi connectivity index (χ0) is 10.6. The highest BCUT2D eigenvalue weighted by Gasteiger charge is 2.19. The highest BCUT2D eigenvalue weighted by molar-refractivity contribution is 5.39. The van der Waals surface area contributed by atoms with E-state index < -0.39 is 5.60 Å². The van der Waals surface area contributed by atoms with Crippen LogP contribution in [0.5, 0.6) is 11.5 Å². The first-order valence-electron chi connectivity index (χ1n) is 4.52. The van der Waals surface area contributed by atoms with Gasteiger partial charge in [0.25, 0.3) is 0 Å². The minimum absolute atomic E-state index is 0.0367. The fourth-order valence-corrected chi connectivity index (χ4v) is 1.03. The standard InChI is InChI=1S/C11H16O3/c1-11(2,8-12)14-10-7-5-4-6-9(10)13-3/h4-7,12H,8H2,1-3H3. The van der Waals surface area contributed by atoms with Crippen molar-refractivity contribution in [1.29, 1.82) is 0 Å². The number of aliphatic hydroxyl groups is 1. The van der Waals surface area contributed by atoms with Crippen LogP contribution in [-0.4, -0.2) is 24.4 Å². The summed E-state index contributed by atoms with van der Waals surface area (Å²) in [7, 11) is 1.59. The molecular formula is C11H16O3. The molecule has 0 aliphatic rings. The predicted molar refractivity (Wildman–Crippen MR) is 54.8 cm³/mol. The Labute approximate surface area is 84.3 Å². The van der Waals surface area contributed by atoms with Gasteiger partial charge in [0.1, 0.15) is 5.60 Å². The Hall–Kier alpha value is -1.22. The molecule has 3 nitrogen and oxygen atoms in total. The van der Waals surface area contributed by atoms with Gasteiger partial charge in [-0.15, -0.1) is 0 Å². The van der Waals surface area contributed by atoms with E-state index >= 15 is 0 Å². The van der Waals surface area contributed by atoms with Gasteiger partial charge in [0.2, 0.25) is 0 Å². The van der Waals surface area contributed by atoms with E-state index in [1.54, 1.807) is 7.11 Å². The van der Waals surface area contributed by atoms with Crippen LogP contribution >= 0.6 is 0 Å². The molecule has 0 unspecified atom stereocenters. The molecular weight excluding hydrogens is 180 g/mol. The average Bonchev–Trinajstić information content (AvgIpc) is 2.18. The van der Waals surface area contributed by atoms with Gasteiger partial charge < -0.3 is 14.6 Å². The number of ether oxygens (including phenoxy) is 2. The van der Waals surface area contributed by atoms with Gasteiger partial charge >= 0.3 is 0 Å². The number of para-hydroxylation sites is 2. The van der Waals surface area contributed by atoms with Gasteiger partial charge in [-0.25, -0.2) is 0 Å². The van der Waals surface area contributed by atoms with Gasteiger partial charge in [-0.1, -0.05) is 12.1 Å². The normalized spacial score (nSPS) is 11.1. The van der Waals surface area contributed by atoms with Crippen molar-refractivity contribution in [3.8, 4) is 11.5 Å². The Balaban J connectivity index is 2.85. The summed E-state index contributed by atoms with van der Waals surface area (Å²) in [6, 6.07) is 7.38. The van der Waals surface area contributed by atoms with E-state index in [1.165, 1.54) is 0 Å². The monoisotopic (exact) mass is 196 g/mol. The third-order valence-electron chi connectivity index (χ3n) is 1.84. The summed E-state index contributed by atoms with van der Waals surface area (Å²) in [6.07, 6.45) is 0. The molecule has 0 fully saturated rings. The molecule has 0 aromatic heterocycles. The van der Waals surface area contributed by atoms with Crippen molar-refractivity contribution in [1.82, 2.24) is 0 Å². The smallest absolute Gasteiger partial charge is 0.162 e. The Kier molecular flexibility index (Phi) is 3.36. The fourth-order valence-electron chi connectivity index (χ4n) is 1.03. The lowest BCUT2D eigenvalue weighted by Gasteiger charge is -2.24. The molecule has 78 valence electrons. The van der Waals surface area contributed by atoms with Crippen molar-refractivity contribution >= 4 is 0 Å². The van der Waals surface area contributed by atoms with Crippen LogP contribution in [0.3, 0.4) is 0 Å². The van der Waals surface area contributed by atoms with Crippen molar-refractivity contribution in [2.45, 2.75) is 19.4 Å². The second kappa shape index (κ2) is 4.33. The van der Waals surface area contributed by atoms with Crippen molar-refractivity contribution in [3.05, 3.63) is 24.3 Å². The largest absolute Gasteiger partial charge is 0.493 e. The van der Waals surface area contributed by atoms with Crippen LogP contribution in [0.4, 0.5) is 0 Å². The number of aliphatic hydroxyl groups excluding tert-OH is 1. The van der Waals surface area contributed by atoms with Crippen LogP contribution in [0.2, 0.25) is 0 Å². The van der Waals surface area contributed by atoms with E-state index in [4.69, 9.17) is 14.6 Å². The van der Waals surface area contributed by atoms with Gasteiger partial charge in [0.15, 0.2) is 11.5 Å². The first-order valence-corrected chi connectivity index (χ1v) is 4.52. The topological polar surface area (TPSA) is 38.7 Å². The average molecular weight is 196 g/mol. The zero-order valence-electron chi connectivity index (χ0n) is 8.78. The lowest BCUT2D eigenvalue weighted by Crippen LogP contribution is -2.32. The second-order valence-electron chi connectivity index (χ2n) is 3.67. The zero-order valence-corrected chi connectivity index (χ0v) is 8.78. The fraction of sp³-hybridized carbons (Fsp3) is 0.455. The van der Waals surface area contributed by atoms with Gasteiger partial charge in [-0.05, 0) is 26.0 Å². The summed E-state index contributed by atoms with van der Waals surface area (Å²) in [5.74, 6) is 1.32. The molecule has 0 aliphatic heterocycles. The first-order chi connectivity index (χ1) is 6.59. The van der Waals surface area contributed by atoms with Crippen molar-refractivity contribution in [2.24, 2.45) is 0 Å². The van der Waals surface area contributed by atoms with Crippen molar-refractivity contribution in [3.63, 3.8) is 0 Å². The molecule has 3 heteroatoms. The van der Waals surface area contributed by atoms with E-state index in [9.17, 15) is 0 Å². The Morgan fingerprint density at radius 1 is 1.21 bits per heavy atom. The molecule has 0 aliphatic carbocycles. The van der Waals surface area contributed by atoms with Crippen molar-refractivity contribution < 1.29 is 14.6 Å². The summed E-state index contributed by atoms with van der Waals surface area (Å²) < 4.78 is 10.7. The molecule has 0 spiro atoms. The van der Waals surface area contributed by atoms with E-state index in [1.807, 2.05) is 38.1 Å². The SMILES string of the molecule is COc1ccccc1OC(C)(C)CO. The number of methoxy groups -OCH3 is 1. The minimum Gasteiger partial charge on any atom is -0.493 e. The van der Waals surface area contributed by atoms with Crippen LogP contribution in [-0.2, 0) is 0 Å². The molecule has 0 saturated carbocycles. The van der Waals surface area contributed by atoms with Crippen LogP contribution < -0.4 is 9.47 Å². The lowest BCUT2D eigenvalue weighted by atomic mass is 10.1. The molecule has 1 rings (SSSR count). The molecule has 0 amide bonds. The maximum Gasteiger partial charge on any atom is 0.162 e. The number of benzene rings is 1. The predicted octanol–water partition coefficient (Wildman–Crippen LogP) is 1.84. The van der Waals surface area contributed by atoms with Gasteiger partial charge in [0.05, 0.1) is 13.7 Å². The highest BCUT2D eigenvalue weighted by Crippen LogP contribution is 2.29. The third kappa shape index (κ3) is 2.64. The van der Waals surface area contributed by atoms with Gasteiger partial charge in [-0.3, -0.25) is 0 Å². The maximum absolute atomic E-state index is 9.05. The molecule has 0 atom stereocenters. The van der Waals surface area contributed by atoms with E-state index in [2.05, 4.69) is 0 Å². The molecule has 14 heavy (non-hydrogen) atoms.